The van der Waals surface area contributed by atoms with E-state index in [2.05, 4.69) is 15.3 Å². The van der Waals surface area contributed by atoms with Crippen molar-refractivity contribution in [3.63, 3.8) is 0 Å². The molecule has 2 N–H and O–H groups in total. The van der Waals surface area contributed by atoms with Crippen molar-refractivity contribution in [2.24, 2.45) is 0 Å². The zero-order valence-electron chi connectivity index (χ0n) is 15.5. The average molecular weight is 434 g/mol. The Morgan fingerprint density at radius 1 is 1.07 bits per heavy atom. The van der Waals surface area contributed by atoms with E-state index < -0.39 is 17.8 Å². The number of anilines is 2. The first-order chi connectivity index (χ1) is 14.2. The number of halogens is 4. The van der Waals surface area contributed by atoms with Crippen LogP contribution in [0.25, 0.3) is 17.5 Å². The fourth-order valence-corrected chi connectivity index (χ4v) is 2.79. The van der Waals surface area contributed by atoms with Crippen LogP contribution in [0.4, 0.5) is 24.7 Å². The van der Waals surface area contributed by atoms with Gasteiger partial charge in [0, 0.05) is 21.8 Å². The predicted octanol–water partition coefficient (Wildman–Crippen LogP) is 6.29. The molecule has 0 saturated heterocycles. The van der Waals surface area contributed by atoms with Crippen molar-refractivity contribution in [2.75, 3.05) is 5.32 Å². The van der Waals surface area contributed by atoms with Crippen LogP contribution in [0.15, 0.2) is 54.6 Å². The van der Waals surface area contributed by atoms with Crippen LogP contribution in [0.1, 0.15) is 28.5 Å². The van der Waals surface area contributed by atoms with Gasteiger partial charge in [0.2, 0.25) is 0 Å². The van der Waals surface area contributed by atoms with Crippen LogP contribution in [0, 0.1) is 0 Å². The highest BCUT2D eigenvalue weighted by molar-refractivity contribution is 6.30. The second kappa shape index (κ2) is 8.54. The van der Waals surface area contributed by atoms with E-state index in [-0.39, 0.29) is 22.8 Å². The number of aromatic nitrogens is 2. The molecule has 30 heavy (non-hydrogen) atoms. The molecule has 0 unspecified atom stereocenters. The van der Waals surface area contributed by atoms with Gasteiger partial charge < -0.3 is 10.4 Å². The van der Waals surface area contributed by atoms with E-state index in [1.807, 2.05) is 0 Å². The summed E-state index contributed by atoms with van der Waals surface area (Å²) in [6.07, 6.45) is -2.00. The molecule has 0 aliphatic carbocycles. The number of hydrogen-bond donors (Lipinski definition) is 2. The number of aromatic carboxylic acids is 1. The van der Waals surface area contributed by atoms with Crippen molar-refractivity contribution >= 4 is 35.2 Å². The summed E-state index contributed by atoms with van der Waals surface area (Å²) in [6, 6.07) is 11.7. The van der Waals surface area contributed by atoms with Crippen molar-refractivity contribution in [1.82, 2.24) is 9.97 Å². The summed E-state index contributed by atoms with van der Waals surface area (Å²) in [7, 11) is 0. The summed E-state index contributed by atoms with van der Waals surface area (Å²) in [6.45, 7) is 1.58. The van der Waals surface area contributed by atoms with Crippen molar-refractivity contribution in [3.05, 3.63) is 76.5 Å². The number of nitrogens with one attached hydrogen (secondary N) is 1. The Morgan fingerprint density at radius 2 is 1.70 bits per heavy atom. The largest absolute Gasteiger partial charge is 0.478 e. The second-order valence-corrected chi connectivity index (χ2v) is 6.61. The van der Waals surface area contributed by atoms with Gasteiger partial charge in [-0.3, -0.25) is 0 Å². The van der Waals surface area contributed by atoms with Gasteiger partial charge in [-0.05, 0) is 55.5 Å². The first kappa shape index (κ1) is 21.3. The standard InChI is InChI=1S/C21H15ClF3N3O2/c1-2-3-16-17(21(23,24)25)27-18(12-4-8-14(22)9-5-12)28-19(16)26-15-10-6-13(7-11-15)20(29)30/h2-11H,1H3,(H,29,30)(H,26,27,28)/b3-2+. The number of alkyl halides is 3. The maximum absolute atomic E-state index is 13.8. The smallest absolute Gasteiger partial charge is 0.434 e. The highest BCUT2D eigenvalue weighted by atomic mass is 35.5. The van der Waals surface area contributed by atoms with Crippen LogP contribution in [-0.2, 0) is 6.18 Å². The molecule has 0 aliphatic heterocycles. The van der Waals surface area contributed by atoms with Crippen LogP contribution < -0.4 is 5.32 Å². The number of allylic oxidation sites excluding steroid dienone is 1. The summed E-state index contributed by atoms with van der Waals surface area (Å²) in [4.78, 5) is 19.0. The maximum atomic E-state index is 13.8. The first-order valence-electron chi connectivity index (χ1n) is 8.67. The molecule has 0 amide bonds. The van der Waals surface area contributed by atoms with Crippen LogP contribution in [0.3, 0.4) is 0 Å². The Bertz CT molecular complexity index is 1100. The number of hydrogen-bond acceptors (Lipinski definition) is 4. The fourth-order valence-electron chi connectivity index (χ4n) is 2.67. The summed E-state index contributed by atoms with van der Waals surface area (Å²) < 4.78 is 41.3. The van der Waals surface area contributed by atoms with Crippen molar-refractivity contribution in [3.8, 4) is 11.4 Å². The number of carboxylic acid groups (broad SMARTS) is 1. The molecular weight excluding hydrogens is 419 g/mol. The molecule has 3 aromatic rings. The molecule has 0 fully saturated rings. The minimum absolute atomic E-state index is 0.0507. The highest BCUT2D eigenvalue weighted by Crippen LogP contribution is 2.36. The van der Waals surface area contributed by atoms with Crippen LogP contribution in [0.5, 0.6) is 0 Å². The van der Waals surface area contributed by atoms with E-state index >= 15 is 0 Å². The second-order valence-electron chi connectivity index (χ2n) is 6.17. The minimum atomic E-state index is -4.72. The van der Waals surface area contributed by atoms with Gasteiger partial charge in [-0.1, -0.05) is 23.8 Å². The molecule has 0 saturated carbocycles. The van der Waals surface area contributed by atoms with E-state index in [0.29, 0.717) is 16.3 Å². The molecule has 0 atom stereocenters. The Balaban J connectivity index is 2.16. The van der Waals surface area contributed by atoms with Crippen LogP contribution >= 0.6 is 11.6 Å². The summed E-state index contributed by atoms with van der Waals surface area (Å²) in [5.74, 6) is -1.30. The third kappa shape index (κ3) is 4.77. The lowest BCUT2D eigenvalue weighted by Gasteiger charge is -2.16. The van der Waals surface area contributed by atoms with Gasteiger partial charge >= 0.3 is 12.1 Å². The summed E-state index contributed by atoms with van der Waals surface area (Å²) >= 11 is 5.86. The Kier molecular flexibility index (Phi) is 6.07. The third-order valence-electron chi connectivity index (χ3n) is 4.04. The molecular formula is C21H15ClF3N3O2. The number of carbonyl (C=O) groups is 1. The van der Waals surface area contributed by atoms with Crippen LogP contribution in [-0.4, -0.2) is 21.0 Å². The van der Waals surface area contributed by atoms with Crippen molar-refractivity contribution in [1.29, 1.82) is 0 Å². The molecule has 0 spiro atoms. The predicted molar refractivity (Wildman–Crippen MR) is 109 cm³/mol. The van der Waals surface area contributed by atoms with E-state index in [0.717, 1.165) is 0 Å². The van der Waals surface area contributed by atoms with Crippen molar-refractivity contribution < 1.29 is 23.1 Å². The molecule has 0 radical (unpaired) electrons. The molecule has 3 rings (SSSR count). The van der Waals surface area contributed by atoms with Gasteiger partial charge in [0.05, 0.1) is 5.56 Å². The van der Waals surface area contributed by atoms with Gasteiger partial charge in [-0.25, -0.2) is 14.8 Å². The normalized spacial score (nSPS) is 11.6. The van der Waals surface area contributed by atoms with E-state index in [1.54, 1.807) is 6.92 Å². The minimum Gasteiger partial charge on any atom is -0.478 e. The van der Waals surface area contributed by atoms with Gasteiger partial charge in [-0.15, -0.1) is 0 Å². The SMILES string of the molecule is C/C=C/c1c(Nc2ccc(C(=O)O)cc2)nc(-c2ccc(Cl)cc2)nc1C(F)(F)F. The van der Waals surface area contributed by atoms with Gasteiger partial charge in [0.15, 0.2) is 11.5 Å². The molecule has 0 bridgehead atoms. The fraction of sp³-hybridized carbons (Fsp3) is 0.0952. The topological polar surface area (TPSA) is 75.1 Å². The average Bonchev–Trinajstić information content (AvgIpc) is 2.69. The molecule has 0 aliphatic rings. The number of nitrogens with zero attached hydrogens (tertiary/aromatic N) is 2. The highest BCUT2D eigenvalue weighted by Gasteiger charge is 2.37. The molecule has 1 heterocycles. The molecule has 9 heteroatoms. The monoisotopic (exact) mass is 433 g/mol. The Morgan fingerprint density at radius 3 is 2.23 bits per heavy atom. The van der Waals surface area contributed by atoms with Gasteiger partial charge in [0.25, 0.3) is 0 Å². The van der Waals surface area contributed by atoms with E-state index in [9.17, 15) is 18.0 Å². The van der Waals surface area contributed by atoms with Crippen molar-refractivity contribution in [2.45, 2.75) is 13.1 Å². The Labute approximate surface area is 174 Å². The lowest BCUT2D eigenvalue weighted by Crippen LogP contribution is -2.14. The molecule has 5 nitrogen and oxygen atoms in total. The molecule has 1 aromatic heterocycles. The number of carboxylic acids is 1. The lowest BCUT2D eigenvalue weighted by molar-refractivity contribution is -0.141. The lowest BCUT2D eigenvalue weighted by atomic mass is 10.1. The molecule has 2 aromatic carbocycles. The zero-order chi connectivity index (χ0) is 21.9. The quantitative estimate of drug-likeness (QED) is 0.494. The summed E-state index contributed by atoms with van der Waals surface area (Å²) in [5, 5.41) is 12.3. The van der Waals surface area contributed by atoms with E-state index in [1.165, 1.54) is 60.7 Å². The zero-order valence-corrected chi connectivity index (χ0v) is 16.3. The number of benzene rings is 2. The van der Waals surface area contributed by atoms with E-state index in [4.69, 9.17) is 16.7 Å². The maximum Gasteiger partial charge on any atom is 0.434 e. The van der Waals surface area contributed by atoms with Gasteiger partial charge in [-0.2, -0.15) is 13.2 Å². The number of rotatable bonds is 5. The van der Waals surface area contributed by atoms with Crippen LogP contribution in [0.2, 0.25) is 5.02 Å². The third-order valence-corrected chi connectivity index (χ3v) is 4.30. The first-order valence-corrected chi connectivity index (χ1v) is 9.05. The molecule has 154 valence electrons. The Hall–Kier alpha value is -3.39. The van der Waals surface area contributed by atoms with Gasteiger partial charge in [0.1, 0.15) is 5.82 Å². The summed E-state index contributed by atoms with van der Waals surface area (Å²) in [5.41, 5.74) is -0.536.